The van der Waals surface area contributed by atoms with Crippen molar-refractivity contribution >= 4 is 43.5 Å². The second-order valence-corrected chi connectivity index (χ2v) is 8.10. The number of H-pyrrole nitrogens is 1. The fourth-order valence-electron chi connectivity index (χ4n) is 2.79. The average Bonchev–Trinajstić information content (AvgIpc) is 3.08. The maximum absolute atomic E-state index is 6.16. The van der Waals surface area contributed by atoms with E-state index in [1.807, 2.05) is 48.5 Å². The van der Waals surface area contributed by atoms with Crippen LogP contribution in [0.1, 0.15) is 0 Å². The van der Waals surface area contributed by atoms with E-state index < -0.39 is 0 Å². The van der Waals surface area contributed by atoms with Gasteiger partial charge < -0.3 is 4.98 Å². The molecule has 5 heteroatoms. The molecule has 2 nitrogen and oxygen atoms in total. The second-order valence-electron chi connectivity index (χ2n) is 5.83. The highest BCUT2D eigenvalue weighted by Gasteiger charge is 2.15. The van der Waals surface area contributed by atoms with Crippen LogP contribution in [0.5, 0.6) is 0 Å². The van der Waals surface area contributed by atoms with Crippen molar-refractivity contribution < 1.29 is 0 Å². The van der Waals surface area contributed by atoms with Crippen LogP contribution in [0.2, 0.25) is 5.02 Å². The van der Waals surface area contributed by atoms with Gasteiger partial charge in [-0.15, -0.1) is 0 Å². The molecule has 0 aliphatic carbocycles. The fourth-order valence-corrected chi connectivity index (χ4v) is 3.51. The maximum Gasteiger partial charge on any atom is 0.138 e. The Bertz CT molecular complexity index is 991. The normalized spacial score (nSPS) is 10.9. The lowest BCUT2D eigenvalue weighted by atomic mass is 10.1. The second kappa shape index (κ2) is 7.39. The Labute approximate surface area is 173 Å². The van der Waals surface area contributed by atoms with Gasteiger partial charge in [0, 0.05) is 30.7 Å². The van der Waals surface area contributed by atoms with Crippen LogP contribution in [0.3, 0.4) is 0 Å². The number of hydrogen-bond acceptors (Lipinski definition) is 1. The zero-order chi connectivity index (χ0) is 18.1. The van der Waals surface area contributed by atoms with Crippen LogP contribution in [0.15, 0.2) is 81.7 Å². The van der Waals surface area contributed by atoms with E-state index in [1.165, 1.54) is 0 Å². The van der Waals surface area contributed by atoms with Crippen molar-refractivity contribution in [1.82, 2.24) is 9.97 Å². The average molecular weight is 489 g/mol. The van der Waals surface area contributed by atoms with Crippen molar-refractivity contribution in [2.75, 3.05) is 0 Å². The summed E-state index contributed by atoms with van der Waals surface area (Å²) in [7, 11) is 0. The van der Waals surface area contributed by atoms with Gasteiger partial charge in [-0.2, -0.15) is 0 Å². The maximum atomic E-state index is 6.16. The molecule has 0 aliphatic heterocycles. The first-order valence-electron chi connectivity index (χ1n) is 7.98. The molecule has 0 atom stereocenters. The smallest absolute Gasteiger partial charge is 0.138 e. The highest BCUT2D eigenvalue weighted by atomic mass is 79.9. The summed E-state index contributed by atoms with van der Waals surface area (Å²) in [5.41, 5.74) is 4.98. The minimum absolute atomic E-state index is 0.689. The first kappa shape index (κ1) is 17.5. The van der Waals surface area contributed by atoms with Crippen molar-refractivity contribution in [3.05, 3.63) is 86.8 Å². The van der Waals surface area contributed by atoms with Crippen LogP contribution >= 0.6 is 43.5 Å². The monoisotopic (exact) mass is 486 g/mol. The molecule has 0 fully saturated rings. The van der Waals surface area contributed by atoms with Crippen LogP contribution < -0.4 is 0 Å². The third-order valence-corrected chi connectivity index (χ3v) is 5.34. The highest BCUT2D eigenvalue weighted by Crippen LogP contribution is 2.34. The summed E-state index contributed by atoms with van der Waals surface area (Å²) in [6, 6.07) is 24.1. The third-order valence-electron chi connectivity index (χ3n) is 4.05. The van der Waals surface area contributed by atoms with E-state index in [9.17, 15) is 0 Å². The van der Waals surface area contributed by atoms with Crippen LogP contribution in [0.4, 0.5) is 0 Å². The van der Waals surface area contributed by atoms with E-state index in [4.69, 9.17) is 16.6 Å². The molecule has 0 spiro atoms. The molecule has 0 aliphatic rings. The SMILES string of the molecule is Clc1cccc(-c2nc(-c3ccc(Br)cc3)c(-c3ccc(Br)cc3)[nH]2)c1. The van der Waals surface area contributed by atoms with Crippen LogP contribution in [0.25, 0.3) is 33.9 Å². The van der Waals surface area contributed by atoms with Gasteiger partial charge in [-0.25, -0.2) is 4.98 Å². The zero-order valence-corrected chi connectivity index (χ0v) is 17.4. The summed E-state index contributed by atoms with van der Waals surface area (Å²) in [6.45, 7) is 0. The minimum atomic E-state index is 0.689. The molecule has 0 unspecified atom stereocenters. The zero-order valence-electron chi connectivity index (χ0n) is 13.5. The molecule has 4 aromatic rings. The Balaban J connectivity index is 1.90. The van der Waals surface area contributed by atoms with E-state index in [1.54, 1.807) is 0 Å². The number of hydrogen-bond donors (Lipinski definition) is 1. The van der Waals surface area contributed by atoms with Gasteiger partial charge in [-0.3, -0.25) is 0 Å². The molecular weight excluding hydrogens is 476 g/mol. The van der Waals surface area contributed by atoms with Crippen LogP contribution in [-0.2, 0) is 0 Å². The number of rotatable bonds is 3. The fraction of sp³-hybridized carbons (Fsp3) is 0. The Morgan fingerprint density at radius 2 is 1.35 bits per heavy atom. The van der Waals surface area contributed by atoms with E-state index in [2.05, 4.69) is 61.1 Å². The highest BCUT2D eigenvalue weighted by molar-refractivity contribution is 9.10. The first-order chi connectivity index (χ1) is 12.6. The molecule has 1 aromatic heterocycles. The standard InChI is InChI=1S/C21H13Br2ClN2/c22-16-8-4-13(5-9-16)19-20(14-6-10-17(23)11-7-14)26-21(25-19)15-2-1-3-18(24)12-15/h1-12H,(H,25,26). The molecule has 3 aromatic carbocycles. The number of nitrogens with one attached hydrogen (secondary N) is 1. The van der Waals surface area contributed by atoms with Gasteiger partial charge in [0.05, 0.1) is 11.4 Å². The molecule has 0 saturated heterocycles. The summed E-state index contributed by atoms with van der Waals surface area (Å²) in [5.74, 6) is 0.795. The summed E-state index contributed by atoms with van der Waals surface area (Å²) in [6.07, 6.45) is 0. The summed E-state index contributed by atoms with van der Waals surface area (Å²) in [4.78, 5) is 8.36. The van der Waals surface area contributed by atoms with Crippen molar-refractivity contribution in [1.29, 1.82) is 0 Å². The Morgan fingerprint density at radius 1 is 0.731 bits per heavy atom. The predicted molar refractivity (Wildman–Crippen MR) is 115 cm³/mol. The molecule has 0 amide bonds. The Hall–Kier alpha value is -1.88. The molecule has 1 N–H and O–H groups in total. The molecule has 1 heterocycles. The number of benzene rings is 3. The van der Waals surface area contributed by atoms with Crippen molar-refractivity contribution in [3.63, 3.8) is 0 Å². The molecule has 128 valence electrons. The topological polar surface area (TPSA) is 28.7 Å². The third kappa shape index (κ3) is 3.63. The summed E-state index contributed by atoms with van der Waals surface area (Å²) in [5, 5.41) is 0.689. The predicted octanol–water partition coefficient (Wildman–Crippen LogP) is 7.59. The summed E-state index contributed by atoms with van der Waals surface area (Å²) >= 11 is 13.1. The van der Waals surface area contributed by atoms with Gasteiger partial charge in [0.15, 0.2) is 0 Å². The van der Waals surface area contributed by atoms with E-state index in [0.29, 0.717) is 5.02 Å². The van der Waals surface area contributed by atoms with Gasteiger partial charge in [-0.1, -0.05) is 79.9 Å². The van der Waals surface area contributed by atoms with Crippen molar-refractivity contribution in [2.45, 2.75) is 0 Å². The molecule has 0 radical (unpaired) electrons. The van der Waals surface area contributed by atoms with Crippen LogP contribution in [0, 0.1) is 0 Å². The largest absolute Gasteiger partial charge is 0.337 e. The van der Waals surface area contributed by atoms with Gasteiger partial charge in [-0.05, 0) is 36.4 Å². The molecule has 26 heavy (non-hydrogen) atoms. The van der Waals surface area contributed by atoms with Gasteiger partial charge in [0.1, 0.15) is 5.82 Å². The van der Waals surface area contributed by atoms with Crippen molar-refractivity contribution in [3.8, 4) is 33.9 Å². The lowest BCUT2D eigenvalue weighted by Gasteiger charge is -2.04. The molecular formula is C21H13Br2ClN2. The number of nitrogens with zero attached hydrogens (tertiary/aromatic N) is 1. The lowest BCUT2D eigenvalue weighted by molar-refractivity contribution is 1.31. The van der Waals surface area contributed by atoms with Gasteiger partial charge in [0.2, 0.25) is 0 Å². The van der Waals surface area contributed by atoms with Gasteiger partial charge >= 0.3 is 0 Å². The van der Waals surface area contributed by atoms with Crippen molar-refractivity contribution in [2.24, 2.45) is 0 Å². The van der Waals surface area contributed by atoms with E-state index >= 15 is 0 Å². The Kier molecular flexibility index (Phi) is 4.98. The van der Waals surface area contributed by atoms with E-state index in [-0.39, 0.29) is 0 Å². The first-order valence-corrected chi connectivity index (χ1v) is 9.94. The van der Waals surface area contributed by atoms with E-state index in [0.717, 1.165) is 42.8 Å². The summed E-state index contributed by atoms with van der Waals surface area (Å²) < 4.78 is 2.08. The minimum Gasteiger partial charge on any atom is -0.337 e. The molecule has 4 rings (SSSR count). The van der Waals surface area contributed by atoms with Crippen LogP contribution in [-0.4, -0.2) is 9.97 Å². The lowest BCUT2D eigenvalue weighted by Crippen LogP contribution is -1.83. The number of aromatic amines is 1. The quantitative estimate of drug-likeness (QED) is 0.316. The number of imidazole rings is 1. The van der Waals surface area contributed by atoms with Gasteiger partial charge in [0.25, 0.3) is 0 Å². The molecule has 0 bridgehead atoms. The number of aromatic nitrogens is 2. The molecule has 0 saturated carbocycles. The number of halogens is 3. The Morgan fingerprint density at radius 3 is 1.96 bits per heavy atom.